The van der Waals surface area contributed by atoms with Crippen LogP contribution >= 0.6 is 12.4 Å². The summed E-state index contributed by atoms with van der Waals surface area (Å²) in [6, 6.07) is 7.51. The molecule has 0 saturated carbocycles. The predicted molar refractivity (Wildman–Crippen MR) is 106 cm³/mol. The molecule has 1 aromatic carbocycles. The van der Waals surface area contributed by atoms with E-state index in [9.17, 15) is 9.59 Å². The summed E-state index contributed by atoms with van der Waals surface area (Å²) in [7, 11) is 1.88. The monoisotopic (exact) mass is 389 g/mol. The molecule has 2 saturated heterocycles. The number of hydrogen-bond donors (Lipinski definition) is 2. The summed E-state index contributed by atoms with van der Waals surface area (Å²) in [5.74, 6) is 0.177. The molecule has 0 radical (unpaired) electrons. The Bertz CT molecular complexity index is 820. The average Bonchev–Trinajstić information content (AvgIpc) is 3.36. The number of amides is 2. The first-order valence-corrected chi connectivity index (χ1v) is 9.02. The Kier molecular flexibility index (Phi) is 5.82. The third-order valence-electron chi connectivity index (χ3n) is 5.22. The number of nitrogens with one attached hydrogen (secondary N) is 2. The van der Waals surface area contributed by atoms with Crippen LogP contribution in [-0.2, 0) is 16.6 Å². The van der Waals surface area contributed by atoms with Gasteiger partial charge in [0, 0.05) is 56.6 Å². The molecule has 2 aliphatic rings. The van der Waals surface area contributed by atoms with E-state index < -0.39 is 0 Å². The Morgan fingerprint density at radius 1 is 1.26 bits per heavy atom. The van der Waals surface area contributed by atoms with Crippen molar-refractivity contribution in [1.82, 2.24) is 15.1 Å². The smallest absolute Gasteiger partial charge is 0.229 e. The lowest BCUT2D eigenvalue weighted by Crippen LogP contribution is -2.28. The number of aromatic nitrogens is 2. The molecule has 4 rings (SSSR count). The Morgan fingerprint density at radius 2 is 2.04 bits per heavy atom. The first-order chi connectivity index (χ1) is 12.6. The van der Waals surface area contributed by atoms with Crippen molar-refractivity contribution >= 4 is 35.6 Å². The van der Waals surface area contributed by atoms with Crippen LogP contribution in [0.3, 0.4) is 0 Å². The van der Waals surface area contributed by atoms with Crippen LogP contribution in [-0.4, -0.2) is 41.2 Å². The number of aryl methyl sites for hydroxylation is 1. The highest BCUT2D eigenvalue weighted by Crippen LogP contribution is 2.29. The van der Waals surface area contributed by atoms with Gasteiger partial charge in [0.1, 0.15) is 0 Å². The van der Waals surface area contributed by atoms with Gasteiger partial charge in [0.15, 0.2) is 0 Å². The normalized spacial score (nSPS) is 22.0. The maximum absolute atomic E-state index is 12.8. The summed E-state index contributed by atoms with van der Waals surface area (Å²) in [6.45, 7) is 2.20. The maximum Gasteiger partial charge on any atom is 0.229 e. The average molecular weight is 390 g/mol. The van der Waals surface area contributed by atoms with Gasteiger partial charge in [0.25, 0.3) is 0 Å². The molecule has 0 unspecified atom stereocenters. The van der Waals surface area contributed by atoms with Crippen LogP contribution in [0, 0.1) is 5.92 Å². The highest BCUT2D eigenvalue weighted by Gasteiger charge is 2.34. The number of benzene rings is 1. The second-order valence-corrected chi connectivity index (χ2v) is 7.00. The van der Waals surface area contributed by atoms with Crippen molar-refractivity contribution in [2.24, 2.45) is 13.0 Å². The van der Waals surface area contributed by atoms with Gasteiger partial charge in [-0.2, -0.15) is 5.10 Å². The molecule has 144 valence electrons. The van der Waals surface area contributed by atoms with Gasteiger partial charge >= 0.3 is 0 Å². The lowest BCUT2D eigenvalue weighted by Gasteiger charge is -2.18. The van der Waals surface area contributed by atoms with E-state index in [2.05, 4.69) is 15.7 Å². The molecule has 7 nitrogen and oxygen atoms in total. The SMILES string of the molecule is Cl.Cn1cc([C@H]2CNC[C@@H]2C(=O)Nc2ccc(N3CCCC3=O)cc2)cn1. The number of anilines is 2. The topological polar surface area (TPSA) is 79.3 Å². The predicted octanol–water partition coefficient (Wildman–Crippen LogP) is 1.91. The van der Waals surface area contributed by atoms with Crippen LogP contribution in [0.4, 0.5) is 11.4 Å². The van der Waals surface area contributed by atoms with Crippen LogP contribution in [0.15, 0.2) is 36.7 Å². The van der Waals surface area contributed by atoms with Gasteiger partial charge in [-0.15, -0.1) is 12.4 Å². The molecule has 0 aliphatic carbocycles. The number of carbonyl (C=O) groups excluding carboxylic acids is 2. The van der Waals surface area contributed by atoms with Crippen molar-refractivity contribution < 1.29 is 9.59 Å². The lowest BCUT2D eigenvalue weighted by atomic mass is 9.90. The van der Waals surface area contributed by atoms with E-state index >= 15 is 0 Å². The van der Waals surface area contributed by atoms with E-state index in [1.54, 1.807) is 9.58 Å². The highest BCUT2D eigenvalue weighted by molar-refractivity contribution is 5.96. The molecule has 2 aliphatic heterocycles. The van der Waals surface area contributed by atoms with Crippen molar-refractivity contribution in [1.29, 1.82) is 0 Å². The zero-order valence-corrected chi connectivity index (χ0v) is 16.0. The van der Waals surface area contributed by atoms with Crippen molar-refractivity contribution in [3.8, 4) is 0 Å². The van der Waals surface area contributed by atoms with Crippen LogP contribution in [0.1, 0.15) is 24.3 Å². The number of carbonyl (C=O) groups is 2. The number of halogens is 1. The van der Waals surface area contributed by atoms with Gasteiger partial charge in [-0.05, 0) is 36.2 Å². The Balaban J connectivity index is 0.00000210. The minimum absolute atomic E-state index is 0. The summed E-state index contributed by atoms with van der Waals surface area (Å²) >= 11 is 0. The van der Waals surface area contributed by atoms with Crippen LogP contribution in [0.25, 0.3) is 0 Å². The fourth-order valence-electron chi connectivity index (χ4n) is 3.82. The molecule has 2 atom stereocenters. The van der Waals surface area contributed by atoms with Gasteiger partial charge in [0.05, 0.1) is 12.1 Å². The van der Waals surface area contributed by atoms with E-state index in [0.717, 1.165) is 36.4 Å². The van der Waals surface area contributed by atoms with Crippen LogP contribution in [0.2, 0.25) is 0 Å². The molecule has 1 aromatic heterocycles. The van der Waals surface area contributed by atoms with E-state index in [4.69, 9.17) is 0 Å². The molecule has 0 spiro atoms. The molecule has 3 heterocycles. The largest absolute Gasteiger partial charge is 0.326 e. The van der Waals surface area contributed by atoms with E-state index in [1.807, 2.05) is 43.7 Å². The second kappa shape index (κ2) is 8.10. The third kappa shape index (κ3) is 3.99. The van der Waals surface area contributed by atoms with Crippen molar-refractivity contribution in [3.05, 3.63) is 42.2 Å². The summed E-state index contributed by atoms with van der Waals surface area (Å²) in [5, 5.41) is 10.5. The zero-order valence-electron chi connectivity index (χ0n) is 15.2. The minimum atomic E-state index is -0.126. The fourth-order valence-corrected chi connectivity index (χ4v) is 3.82. The standard InChI is InChI=1S/C19H23N5O2.ClH/c1-23-12-13(9-21-23)16-10-20-11-17(16)19(26)22-14-4-6-15(7-5-14)24-8-2-3-18(24)25;/h4-7,9,12,16-17,20H,2-3,8,10-11H2,1H3,(H,22,26);1H/t16-,17+;/m1./s1. The third-order valence-corrected chi connectivity index (χ3v) is 5.22. The molecular weight excluding hydrogens is 366 g/mol. The van der Waals surface area contributed by atoms with Gasteiger partial charge < -0.3 is 15.5 Å². The molecule has 0 bridgehead atoms. The first kappa shape index (κ1) is 19.4. The Hall–Kier alpha value is -2.38. The van der Waals surface area contributed by atoms with E-state index in [0.29, 0.717) is 13.0 Å². The van der Waals surface area contributed by atoms with Gasteiger partial charge in [0.2, 0.25) is 11.8 Å². The lowest BCUT2D eigenvalue weighted by molar-refractivity contribution is -0.119. The van der Waals surface area contributed by atoms with Crippen molar-refractivity contribution in [2.75, 3.05) is 29.9 Å². The summed E-state index contributed by atoms with van der Waals surface area (Å²) < 4.78 is 1.76. The fraction of sp³-hybridized carbons (Fsp3) is 0.421. The molecule has 2 fully saturated rings. The van der Waals surface area contributed by atoms with E-state index in [-0.39, 0.29) is 36.1 Å². The number of nitrogens with zero attached hydrogens (tertiary/aromatic N) is 3. The van der Waals surface area contributed by atoms with Crippen molar-refractivity contribution in [3.63, 3.8) is 0 Å². The molecule has 2 aromatic rings. The second-order valence-electron chi connectivity index (χ2n) is 7.00. The van der Waals surface area contributed by atoms with Gasteiger partial charge in [-0.1, -0.05) is 0 Å². The molecule has 27 heavy (non-hydrogen) atoms. The summed E-state index contributed by atoms with van der Waals surface area (Å²) in [5.41, 5.74) is 2.73. The summed E-state index contributed by atoms with van der Waals surface area (Å²) in [4.78, 5) is 26.4. The van der Waals surface area contributed by atoms with Crippen LogP contribution in [0.5, 0.6) is 0 Å². The van der Waals surface area contributed by atoms with E-state index in [1.165, 1.54) is 0 Å². The summed E-state index contributed by atoms with van der Waals surface area (Å²) in [6.07, 6.45) is 5.32. The maximum atomic E-state index is 12.8. The quantitative estimate of drug-likeness (QED) is 0.837. The Labute approximate surface area is 164 Å². The van der Waals surface area contributed by atoms with Crippen LogP contribution < -0.4 is 15.5 Å². The zero-order chi connectivity index (χ0) is 18.1. The Morgan fingerprint density at radius 3 is 2.67 bits per heavy atom. The molecule has 2 amide bonds. The molecule has 2 N–H and O–H groups in total. The van der Waals surface area contributed by atoms with Crippen molar-refractivity contribution in [2.45, 2.75) is 18.8 Å². The minimum Gasteiger partial charge on any atom is -0.326 e. The molecular formula is C19H24ClN5O2. The first-order valence-electron chi connectivity index (χ1n) is 9.02. The van der Waals surface area contributed by atoms with Gasteiger partial charge in [-0.25, -0.2) is 0 Å². The van der Waals surface area contributed by atoms with Gasteiger partial charge in [-0.3, -0.25) is 14.3 Å². The number of rotatable bonds is 4. The highest BCUT2D eigenvalue weighted by atomic mass is 35.5. The number of hydrogen-bond acceptors (Lipinski definition) is 4. The molecule has 8 heteroatoms.